The van der Waals surface area contributed by atoms with Crippen molar-refractivity contribution >= 4 is 17.2 Å². The molecule has 1 aliphatic heterocycles. The molecule has 6 nitrogen and oxygen atoms in total. The van der Waals surface area contributed by atoms with Gasteiger partial charge >= 0.3 is 0 Å². The number of rotatable bonds is 4. The Hall–Kier alpha value is -3.74. The molecule has 180 valence electrons. The monoisotopic (exact) mass is 471 g/mol. The Morgan fingerprint density at radius 3 is 2.63 bits per heavy atom. The highest BCUT2D eigenvalue weighted by molar-refractivity contribution is 6.00. The maximum Gasteiger partial charge on any atom is 0.259 e. The van der Waals surface area contributed by atoms with Crippen LogP contribution in [0.4, 0.5) is 10.1 Å². The van der Waals surface area contributed by atoms with Gasteiger partial charge in [-0.3, -0.25) is 4.79 Å². The van der Waals surface area contributed by atoms with Crippen LogP contribution in [0.2, 0.25) is 0 Å². The maximum absolute atomic E-state index is 14.3. The zero-order valence-corrected chi connectivity index (χ0v) is 20.6. The fourth-order valence-corrected chi connectivity index (χ4v) is 5.05. The van der Waals surface area contributed by atoms with Gasteiger partial charge in [-0.1, -0.05) is 30.3 Å². The van der Waals surface area contributed by atoms with E-state index in [4.69, 9.17) is 4.98 Å². The number of carbonyl (C=O) groups is 1. The van der Waals surface area contributed by atoms with E-state index in [1.165, 1.54) is 17.3 Å². The Balaban J connectivity index is 1.39. The van der Waals surface area contributed by atoms with Gasteiger partial charge in [0, 0.05) is 49.2 Å². The Morgan fingerprint density at radius 2 is 1.89 bits per heavy atom. The number of aryl methyl sites for hydroxylation is 3. The molecule has 5 rings (SSSR count). The van der Waals surface area contributed by atoms with Crippen LogP contribution in [-0.4, -0.2) is 51.1 Å². The lowest BCUT2D eigenvalue weighted by molar-refractivity contribution is 0.0728. The highest BCUT2D eigenvalue weighted by Crippen LogP contribution is 2.25. The van der Waals surface area contributed by atoms with Gasteiger partial charge in [-0.05, 0) is 62.6 Å². The molecule has 0 saturated carbocycles. The second kappa shape index (κ2) is 9.13. The summed E-state index contributed by atoms with van der Waals surface area (Å²) in [5, 5.41) is 4.49. The molecular formula is C28H30FN5O. The summed E-state index contributed by atoms with van der Waals surface area (Å²) in [4.78, 5) is 22.5. The van der Waals surface area contributed by atoms with Crippen molar-refractivity contribution in [3.05, 3.63) is 94.2 Å². The van der Waals surface area contributed by atoms with Crippen LogP contribution >= 0.6 is 0 Å². The number of aromatic nitrogens is 3. The Morgan fingerprint density at radius 1 is 1.09 bits per heavy atom. The number of benzene rings is 2. The summed E-state index contributed by atoms with van der Waals surface area (Å²) < 4.78 is 16.0. The first-order valence-corrected chi connectivity index (χ1v) is 12.0. The lowest BCUT2D eigenvalue weighted by Gasteiger charge is -2.41. The van der Waals surface area contributed by atoms with Crippen LogP contribution in [-0.2, 0) is 6.42 Å². The van der Waals surface area contributed by atoms with Crippen molar-refractivity contribution in [2.45, 2.75) is 40.2 Å². The molecule has 1 aliphatic rings. The minimum absolute atomic E-state index is 0.0519. The number of piperazine rings is 1. The van der Waals surface area contributed by atoms with Gasteiger partial charge < -0.3 is 9.80 Å². The van der Waals surface area contributed by atoms with Crippen molar-refractivity contribution < 1.29 is 9.18 Å². The molecule has 0 N–H and O–H groups in total. The third-order valence-corrected chi connectivity index (χ3v) is 7.01. The molecule has 1 atom stereocenters. The number of hydrogen-bond donors (Lipinski definition) is 0. The number of carbonyl (C=O) groups excluding carboxylic acids is 1. The van der Waals surface area contributed by atoms with Crippen LogP contribution in [0.15, 0.2) is 54.7 Å². The molecular weight excluding hydrogens is 441 g/mol. The number of hydrogen-bond acceptors (Lipinski definition) is 4. The first kappa shape index (κ1) is 23.0. The molecule has 1 amide bonds. The Labute approximate surface area is 205 Å². The van der Waals surface area contributed by atoms with Gasteiger partial charge in [0.1, 0.15) is 11.4 Å². The number of amides is 1. The topological polar surface area (TPSA) is 53.7 Å². The number of fused-ring (bicyclic) bond motifs is 1. The van der Waals surface area contributed by atoms with E-state index in [0.717, 1.165) is 23.5 Å². The van der Waals surface area contributed by atoms with E-state index in [1.807, 2.05) is 24.8 Å². The van der Waals surface area contributed by atoms with E-state index in [1.54, 1.807) is 22.8 Å². The molecule has 0 unspecified atom stereocenters. The van der Waals surface area contributed by atoms with Crippen LogP contribution in [0.25, 0.3) is 5.65 Å². The molecule has 0 radical (unpaired) electrons. The zero-order valence-electron chi connectivity index (χ0n) is 20.6. The van der Waals surface area contributed by atoms with Gasteiger partial charge in [-0.25, -0.2) is 13.9 Å². The SMILES string of the molecule is Cc1cccc(N2CCN(C(=O)c3cnn4c(C)c(Cc5ccccc5F)c(C)nc34)C[C@H]2C)c1. The highest BCUT2D eigenvalue weighted by atomic mass is 19.1. The largest absolute Gasteiger partial charge is 0.365 e. The molecule has 3 heterocycles. The maximum atomic E-state index is 14.3. The van der Waals surface area contributed by atoms with Gasteiger partial charge in [0.05, 0.1) is 6.20 Å². The molecule has 4 aromatic rings. The van der Waals surface area contributed by atoms with Gasteiger partial charge in [-0.2, -0.15) is 5.10 Å². The second-order valence-electron chi connectivity index (χ2n) is 9.46. The second-order valence-corrected chi connectivity index (χ2v) is 9.46. The van der Waals surface area contributed by atoms with Gasteiger partial charge in [-0.15, -0.1) is 0 Å². The van der Waals surface area contributed by atoms with Crippen molar-refractivity contribution in [2.24, 2.45) is 0 Å². The summed E-state index contributed by atoms with van der Waals surface area (Å²) in [7, 11) is 0. The van der Waals surface area contributed by atoms with Gasteiger partial charge in [0.15, 0.2) is 5.65 Å². The van der Waals surface area contributed by atoms with Crippen molar-refractivity contribution in [1.82, 2.24) is 19.5 Å². The Bertz CT molecular complexity index is 1410. The van der Waals surface area contributed by atoms with Gasteiger partial charge in [0.2, 0.25) is 0 Å². The van der Waals surface area contributed by atoms with Crippen LogP contribution in [0.5, 0.6) is 0 Å². The van der Waals surface area contributed by atoms with Crippen LogP contribution in [0, 0.1) is 26.6 Å². The summed E-state index contributed by atoms with van der Waals surface area (Å²) in [6.07, 6.45) is 2.04. The third-order valence-electron chi connectivity index (χ3n) is 7.01. The van der Waals surface area contributed by atoms with Crippen LogP contribution in [0.1, 0.15) is 45.4 Å². The van der Waals surface area contributed by atoms with Crippen molar-refractivity contribution in [3.8, 4) is 0 Å². The van der Waals surface area contributed by atoms with Crippen molar-refractivity contribution in [1.29, 1.82) is 0 Å². The molecule has 2 aromatic heterocycles. The fourth-order valence-electron chi connectivity index (χ4n) is 5.05. The van der Waals surface area contributed by atoms with Crippen LogP contribution in [0.3, 0.4) is 0 Å². The smallest absolute Gasteiger partial charge is 0.259 e. The standard InChI is InChI=1S/C28H30FN5O/c1-18-8-7-10-23(14-18)33-13-12-32(17-19(33)2)28(35)25-16-30-34-21(4)24(20(3)31-27(25)34)15-22-9-5-6-11-26(22)29/h5-11,14,16,19H,12-13,15,17H2,1-4H3/t19-/m1/s1. The molecule has 2 aromatic carbocycles. The lowest BCUT2D eigenvalue weighted by Crippen LogP contribution is -2.53. The van der Waals surface area contributed by atoms with E-state index in [0.29, 0.717) is 36.3 Å². The Kier molecular flexibility index (Phi) is 6.01. The third kappa shape index (κ3) is 4.27. The minimum Gasteiger partial charge on any atom is -0.365 e. The summed E-state index contributed by atoms with van der Waals surface area (Å²) in [6.45, 7) is 10.1. The average Bonchev–Trinajstić information content (AvgIpc) is 3.26. The molecule has 0 spiro atoms. The van der Waals surface area contributed by atoms with Crippen molar-refractivity contribution in [2.75, 3.05) is 24.5 Å². The van der Waals surface area contributed by atoms with E-state index in [2.05, 4.69) is 48.1 Å². The number of nitrogens with zero attached hydrogens (tertiary/aromatic N) is 5. The van der Waals surface area contributed by atoms with E-state index >= 15 is 0 Å². The first-order valence-electron chi connectivity index (χ1n) is 12.0. The summed E-state index contributed by atoms with van der Waals surface area (Å²) in [6, 6.07) is 15.5. The van der Waals surface area contributed by atoms with E-state index in [9.17, 15) is 9.18 Å². The summed E-state index contributed by atoms with van der Waals surface area (Å²) in [5.41, 5.74) is 6.66. The molecule has 0 aliphatic carbocycles. The average molecular weight is 472 g/mol. The van der Waals surface area contributed by atoms with Crippen LogP contribution < -0.4 is 4.90 Å². The first-order chi connectivity index (χ1) is 16.8. The van der Waals surface area contributed by atoms with Gasteiger partial charge in [0.25, 0.3) is 5.91 Å². The molecule has 1 saturated heterocycles. The molecule has 35 heavy (non-hydrogen) atoms. The predicted octanol–water partition coefficient (Wildman–Crippen LogP) is 4.74. The minimum atomic E-state index is -0.235. The number of halogens is 1. The lowest BCUT2D eigenvalue weighted by atomic mass is 10.0. The normalized spacial score (nSPS) is 16.2. The number of anilines is 1. The van der Waals surface area contributed by atoms with E-state index < -0.39 is 0 Å². The van der Waals surface area contributed by atoms with Crippen molar-refractivity contribution in [3.63, 3.8) is 0 Å². The summed E-state index contributed by atoms with van der Waals surface area (Å²) >= 11 is 0. The highest BCUT2D eigenvalue weighted by Gasteiger charge is 2.30. The summed E-state index contributed by atoms with van der Waals surface area (Å²) in [5.74, 6) is -0.287. The molecule has 0 bridgehead atoms. The predicted molar refractivity (Wildman–Crippen MR) is 136 cm³/mol. The van der Waals surface area contributed by atoms with E-state index in [-0.39, 0.29) is 17.8 Å². The molecule has 1 fully saturated rings. The fraction of sp³-hybridized carbons (Fsp3) is 0.321. The zero-order chi connectivity index (χ0) is 24.7. The molecule has 7 heteroatoms. The quantitative estimate of drug-likeness (QED) is 0.432.